The van der Waals surface area contributed by atoms with Gasteiger partial charge < -0.3 is 9.84 Å². The zero-order chi connectivity index (χ0) is 16.0. The van der Waals surface area contributed by atoms with Crippen molar-refractivity contribution in [2.75, 3.05) is 6.61 Å². The van der Waals surface area contributed by atoms with Gasteiger partial charge in [0.15, 0.2) is 5.78 Å². The third-order valence-electron chi connectivity index (χ3n) is 8.63. The van der Waals surface area contributed by atoms with Crippen molar-refractivity contribution < 1.29 is 19.4 Å². The van der Waals surface area contributed by atoms with E-state index >= 15 is 0 Å². The summed E-state index contributed by atoms with van der Waals surface area (Å²) in [4.78, 5) is 24.6. The molecule has 0 aromatic carbocycles. The standard InChI is InChI=1S/C19H26O4/c1-17-7-5-13-11(12(17)2-3-15(17)22)4-9-19-16(23-19)14(21)6-8-18(13,19)10-20/h11-13,16,20H,2-10H2,1H3/t11-,12-,13-,16?,17-,18-,19?/m0/s1. The van der Waals surface area contributed by atoms with Crippen molar-refractivity contribution >= 4 is 11.6 Å². The Bertz CT molecular complexity index is 600. The van der Waals surface area contributed by atoms with Crippen LogP contribution in [0.1, 0.15) is 58.3 Å². The summed E-state index contributed by atoms with van der Waals surface area (Å²) in [7, 11) is 0. The van der Waals surface area contributed by atoms with Crippen molar-refractivity contribution in [3.05, 3.63) is 0 Å². The molecule has 0 radical (unpaired) electrons. The average molecular weight is 318 g/mol. The van der Waals surface area contributed by atoms with E-state index in [0.29, 0.717) is 30.0 Å². The van der Waals surface area contributed by atoms with Gasteiger partial charge in [-0.3, -0.25) is 9.59 Å². The van der Waals surface area contributed by atoms with E-state index in [9.17, 15) is 14.7 Å². The number of hydrogen-bond acceptors (Lipinski definition) is 4. The van der Waals surface area contributed by atoms with Gasteiger partial charge in [-0.25, -0.2) is 0 Å². The first-order chi connectivity index (χ1) is 11.0. The minimum Gasteiger partial charge on any atom is -0.396 e. The van der Waals surface area contributed by atoms with E-state index in [2.05, 4.69) is 6.92 Å². The van der Waals surface area contributed by atoms with Crippen LogP contribution < -0.4 is 0 Å². The van der Waals surface area contributed by atoms with Crippen molar-refractivity contribution in [2.24, 2.45) is 28.6 Å². The maximum atomic E-state index is 12.4. The number of epoxide rings is 1. The second kappa shape index (κ2) is 4.26. The number of aliphatic hydroxyl groups is 1. The normalized spacial score (nSPS) is 57.3. The lowest BCUT2D eigenvalue weighted by molar-refractivity contribution is -0.150. The SMILES string of the molecule is C[C@]12CC[C@H]3[C@@H](CCC45OC4C(=O)CC[C@]35CO)[C@@H]1CCC2=O. The molecule has 1 aliphatic heterocycles. The fourth-order valence-corrected chi connectivity index (χ4v) is 7.37. The Morgan fingerprint density at radius 2 is 1.91 bits per heavy atom. The van der Waals surface area contributed by atoms with Crippen LogP contribution in [-0.2, 0) is 14.3 Å². The van der Waals surface area contributed by atoms with Gasteiger partial charge in [0.2, 0.25) is 0 Å². The second-order valence-corrected chi connectivity index (χ2v) is 9.00. The molecule has 5 fully saturated rings. The summed E-state index contributed by atoms with van der Waals surface area (Å²) in [6, 6.07) is 0. The van der Waals surface area contributed by atoms with Gasteiger partial charge in [-0.05, 0) is 56.3 Å². The lowest BCUT2D eigenvalue weighted by Gasteiger charge is -2.58. The number of fused-ring (bicyclic) bond motifs is 4. The van der Waals surface area contributed by atoms with Gasteiger partial charge in [0.1, 0.15) is 17.5 Å². The molecule has 4 nitrogen and oxygen atoms in total. The summed E-state index contributed by atoms with van der Waals surface area (Å²) in [6.07, 6.45) is 6.75. The minimum absolute atomic E-state index is 0.128. The Morgan fingerprint density at radius 3 is 2.70 bits per heavy atom. The molecule has 1 heterocycles. The summed E-state index contributed by atoms with van der Waals surface area (Å²) >= 11 is 0. The van der Waals surface area contributed by atoms with Crippen LogP contribution in [0, 0.1) is 28.6 Å². The minimum atomic E-state index is -0.366. The van der Waals surface area contributed by atoms with E-state index in [4.69, 9.17) is 4.74 Å². The third kappa shape index (κ3) is 1.47. The molecular formula is C19H26O4. The molecule has 5 aliphatic rings. The van der Waals surface area contributed by atoms with E-state index in [1.807, 2.05) is 0 Å². The van der Waals surface area contributed by atoms with Gasteiger partial charge in [-0.2, -0.15) is 0 Å². The highest BCUT2D eigenvalue weighted by Gasteiger charge is 2.77. The second-order valence-electron chi connectivity index (χ2n) is 9.00. The molecule has 4 saturated carbocycles. The molecule has 1 saturated heterocycles. The molecule has 0 bridgehead atoms. The van der Waals surface area contributed by atoms with Crippen molar-refractivity contribution in [1.82, 2.24) is 0 Å². The highest BCUT2D eigenvalue weighted by molar-refractivity contribution is 5.89. The van der Waals surface area contributed by atoms with Gasteiger partial charge >= 0.3 is 0 Å². The topological polar surface area (TPSA) is 66.9 Å². The molecule has 1 spiro atoms. The number of rotatable bonds is 1. The Hall–Kier alpha value is -0.740. The van der Waals surface area contributed by atoms with Crippen molar-refractivity contribution in [1.29, 1.82) is 0 Å². The number of ether oxygens (including phenoxy) is 1. The van der Waals surface area contributed by atoms with E-state index in [-0.39, 0.29) is 34.9 Å². The van der Waals surface area contributed by atoms with Gasteiger partial charge in [0.05, 0.1) is 6.61 Å². The predicted octanol–water partition coefficient (Wildman–Crippen LogP) is 2.27. The van der Waals surface area contributed by atoms with Crippen molar-refractivity contribution in [3.63, 3.8) is 0 Å². The van der Waals surface area contributed by atoms with Crippen LogP contribution in [0.2, 0.25) is 0 Å². The molecule has 0 amide bonds. The number of Topliss-reactive ketones (excluding diaryl/α,β-unsaturated/α-hetero) is 2. The molecule has 7 atom stereocenters. The van der Waals surface area contributed by atoms with Crippen molar-refractivity contribution in [2.45, 2.75) is 70.0 Å². The van der Waals surface area contributed by atoms with Crippen LogP contribution in [0.3, 0.4) is 0 Å². The number of hydrogen-bond donors (Lipinski definition) is 1. The molecule has 23 heavy (non-hydrogen) atoms. The summed E-state index contributed by atoms with van der Waals surface area (Å²) in [5.74, 6) is 2.12. The largest absolute Gasteiger partial charge is 0.396 e. The maximum Gasteiger partial charge on any atom is 0.164 e. The van der Waals surface area contributed by atoms with E-state index in [0.717, 1.165) is 44.9 Å². The van der Waals surface area contributed by atoms with Crippen molar-refractivity contribution in [3.8, 4) is 0 Å². The lowest BCUT2D eigenvalue weighted by atomic mass is 9.44. The Balaban J connectivity index is 1.55. The summed E-state index contributed by atoms with van der Waals surface area (Å²) in [5, 5.41) is 10.4. The van der Waals surface area contributed by atoms with Gasteiger partial charge in [-0.1, -0.05) is 6.92 Å². The molecule has 4 aliphatic carbocycles. The Labute approximate surface area is 137 Å². The van der Waals surface area contributed by atoms with Crippen LogP contribution in [0.5, 0.6) is 0 Å². The summed E-state index contributed by atoms with van der Waals surface area (Å²) in [5.41, 5.74) is -0.729. The first-order valence-electron chi connectivity index (χ1n) is 9.33. The molecule has 0 aromatic heterocycles. The smallest absolute Gasteiger partial charge is 0.164 e. The number of carbonyl (C=O) groups is 2. The monoisotopic (exact) mass is 318 g/mol. The zero-order valence-electron chi connectivity index (χ0n) is 13.8. The van der Waals surface area contributed by atoms with Gasteiger partial charge in [0, 0.05) is 23.7 Å². The zero-order valence-corrected chi connectivity index (χ0v) is 13.8. The van der Waals surface area contributed by atoms with E-state index in [1.165, 1.54) is 0 Å². The van der Waals surface area contributed by atoms with Crippen LogP contribution >= 0.6 is 0 Å². The molecule has 1 N–H and O–H groups in total. The lowest BCUT2D eigenvalue weighted by Crippen LogP contribution is -2.61. The van der Waals surface area contributed by atoms with Crippen LogP contribution in [-0.4, -0.2) is 35.0 Å². The van der Waals surface area contributed by atoms with Gasteiger partial charge in [0.25, 0.3) is 0 Å². The average Bonchev–Trinajstić information content (AvgIpc) is 3.22. The maximum absolute atomic E-state index is 12.4. The highest BCUT2D eigenvalue weighted by Crippen LogP contribution is 2.71. The Morgan fingerprint density at radius 1 is 1.09 bits per heavy atom. The molecule has 126 valence electrons. The third-order valence-corrected chi connectivity index (χ3v) is 8.63. The van der Waals surface area contributed by atoms with E-state index < -0.39 is 0 Å². The fourth-order valence-electron chi connectivity index (χ4n) is 7.37. The van der Waals surface area contributed by atoms with Crippen LogP contribution in [0.15, 0.2) is 0 Å². The number of aliphatic hydroxyl groups excluding tert-OH is 1. The number of carbonyl (C=O) groups excluding carboxylic acids is 2. The van der Waals surface area contributed by atoms with Gasteiger partial charge in [-0.15, -0.1) is 0 Å². The van der Waals surface area contributed by atoms with Crippen LogP contribution in [0.25, 0.3) is 0 Å². The number of ketones is 2. The van der Waals surface area contributed by atoms with E-state index in [1.54, 1.807) is 0 Å². The quantitative estimate of drug-likeness (QED) is 0.753. The molecule has 4 heteroatoms. The predicted molar refractivity (Wildman–Crippen MR) is 82.6 cm³/mol. The fraction of sp³-hybridized carbons (Fsp3) is 0.895. The highest BCUT2D eigenvalue weighted by atomic mass is 16.6. The molecule has 0 aromatic rings. The molecule has 5 rings (SSSR count). The first kappa shape index (κ1) is 14.6. The van der Waals surface area contributed by atoms with Crippen LogP contribution in [0.4, 0.5) is 0 Å². The molecule has 2 unspecified atom stereocenters. The first-order valence-corrected chi connectivity index (χ1v) is 9.33. The summed E-state index contributed by atoms with van der Waals surface area (Å²) < 4.78 is 6.01. The Kier molecular flexibility index (Phi) is 2.70. The summed E-state index contributed by atoms with van der Waals surface area (Å²) in [6.45, 7) is 2.31. The molecular weight excluding hydrogens is 292 g/mol.